The first-order valence-corrected chi connectivity index (χ1v) is 8.70. The highest BCUT2D eigenvalue weighted by Crippen LogP contribution is 2.49. The average molecular weight is 312 g/mol. The Balaban J connectivity index is 1.98. The molecule has 21 heavy (non-hydrogen) atoms. The fourth-order valence-corrected chi connectivity index (χ4v) is 3.97. The van der Waals surface area contributed by atoms with Crippen LogP contribution in [-0.4, -0.2) is 33.4 Å². The average Bonchev–Trinajstić information content (AvgIpc) is 3.05. The lowest BCUT2D eigenvalue weighted by molar-refractivity contribution is -0.117. The number of nitrogen functional groups attached to an aromatic ring is 1. The largest absolute Gasteiger partial charge is 0.495 e. The first-order chi connectivity index (χ1) is 9.73. The van der Waals surface area contributed by atoms with E-state index >= 15 is 0 Å². The van der Waals surface area contributed by atoms with Crippen molar-refractivity contribution in [3.05, 3.63) is 18.2 Å². The SMILES string of the molecule is COc1ccc(NC(=O)CC2(CS(C)(=O)=O)CC2)cc1N. The number of amides is 1. The Labute approximate surface area is 124 Å². The van der Waals surface area contributed by atoms with Gasteiger partial charge >= 0.3 is 0 Å². The zero-order valence-electron chi connectivity index (χ0n) is 12.2. The monoisotopic (exact) mass is 312 g/mol. The predicted octanol–water partition coefficient (Wildman–Crippen LogP) is 1.43. The molecular formula is C14H20N2O4S. The zero-order valence-corrected chi connectivity index (χ0v) is 13.0. The molecule has 3 N–H and O–H groups in total. The van der Waals surface area contributed by atoms with E-state index in [0.717, 1.165) is 12.8 Å². The van der Waals surface area contributed by atoms with Crippen LogP contribution in [-0.2, 0) is 14.6 Å². The standard InChI is InChI=1S/C14H20N2O4S/c1-20-12-4-3-10(7-11(12)15)16-13(17)8-14(5-6-14)9-21(2,18)19/h3-4,7H,5-6,8-9,15H2,1-2H3,(H,16,17). The number of rotatable bonds is 6. The molecule has 0 spiro atoms. The molecule has 1 aromatic carbocycles. The van der Waals surface area contributed by atoms with E-state index in [9.17, 15) is 13.2 Å². The van der Waals surface area contributed by atoms with Crippen LogP contribution in [0, 0.1) is 5.41 Å². The molecular weight excluding hydrogens is 292 g/mol. The van der Waals surface area contributed by atoms with E-state index < -0.39 is 9.84 Å². The number of nitrogens with one attached hydrogen (secondary N) is 1. The summed E-state index contributed by atoms with van der Waals surface area (Å²) in [5.74, 6) is 0.419. The van der Waals surface area contributed by atoms with Gasteiger partial charge in [-0.25, -0.2) is 8.42 Å². The molecule has 0 radical (unpaired) electrons. The fraction of sp³-hybridized carbons (Fsp3) is 0.500. The number of ether oxygens (including phenoxy) is 1. The summed E-state index contributed by atoms with van der Waals surface area (Å²) < 4.78 is 27.8. The molecule has 1 aliphatic carbocycles. The van der Waals surface area contributed by atoms with Crippen LogP contribution in [0.25, 0.3) is 0 Å². The lowest BCUT2D eigenvalue weighted by Crippen LogP contribution is -2.23. The Morgan fingerprint density at radius 1 is 1.43 bits per heavy atom. The Bertz CT molecular complexity index is 651. The van der Waals surface area contributed by atoms with Crippen LogP contribution in [0.15, 0.2) is 18.2 Å². The second kappa shape index (κ2) is 5.55. The summed E-state index contributed by atoms with van der Waals surface area (Å²) >= 11 is 0. The first kappa shape index (κ1) is 15.6. The molecule has 0 heterocycles. The number of hydrogen-bond acceptors (Lipinski definition) is 5. The lowest BCUT2D eigenvalue weighted by Gasteiger charge is -2.14. The third-order valence-corrected chi connectivity index (χ3v) is 4.71. The second-order valence-corrected chi connectivity index (χ2v) is 7.89. The van der Waals surface area contributed by atoms with E-state index in [0.29, 0.717) is 17.1 Å². The summed E-state index contributed by atoms with van der Waals surface area (Å²) in [7, 11) is -1.55. The molecule has 1 fully saturated rings. The maximum Gasteiger partial charge on any atom is 0.224 e. The van der Waals surface area contributed by atoms with Crippen molar-refractivity contribution in [1.82, 2.24) is 0 Å². The molecule has 0 unspecified atom stereocenters. The summed E-state index contributed by atoms with van der Waals surface area (Å²) in [5, 5.41) is 2.75. The summed E-state index contributed by atoms with van der Waals surface area (Å²) in [6, 6.07) is 4.99. The molecule has 6 nitrogen and oxygen atoms in total. The molecule has 0 atom stereocenters. The van der Waals surface area contributed by atoms with Gasteiger partial charge in [-0.2, -0.15) is 0 Å². The highest BCUT2D eigenvalue weighted by atomic mass is 32.2. The number of methoxy groups -OCH3 is 1. The maximum atomic E-state index is 12.0. The maximum absolute atomic E-state index is 12.0. The minimum atomic E-state index is -3.07. The van der Waals surface area contributed by atoms with Crippen molar-refractivity contribution in [3.63, 3.8) is 0 Å². The Hall–Kier alpha value is -1.76. The van der Waals surface area contributed by atoms with Crippen LogP contribution in [0.4, 0.5) is 11.4 Å². The van der Waals surface area contributed by atoms with Crippen LogP contribution in [0.5, 0.6) is 5.75 Å². The van der Waals surface area contributed by atoms with Crippen LogP contribution < -0.4 is 15.8 Å². The Kier molecular flexibility index (Phi) is 4.13. The van der Waals surface area contributed by atoms with Gasteiger partial charge in [0, 0.05) is 18.4 Å². The fourth-order valence-electron chi connectivity index (χ4n) is 2.46. The molecule has 1 amide bonds. The van der Waals surface area contributed by atoms with Gasteiger partial charge < -0.3 is 15.8 Å². The van der Waals surface area contributed by atoms with Crippen LogP contribution in [0.3, 0.4) is 0 Å². The van der Waals surface area contributed by atoms with Gasteiger partial charge in [-0.05, 0) is 36.5 Å². The number of carbonyl (C=O) groups excluding carboxylic acids is 1. The molecule has 1 aromatic rings. The molecule has 1 saturated carbocycles. The molecule has 0 aliphatic heterocycles. The summed E-state index contributed by atoms with van der Waals surface area (Å²) in [6.07, 6.45) is 2.97. The molecule has 0 aromatic heterocycles. The highest BCUT2D eigenvalue weighted by Gasteiger charge is 2.46. The number of nitrogens with two attached hydrogens (primary N) is 1. The highest BCUT2D eigenvalue weighted by molar-refractivity contribution is 7.90. The van der Waals surface area contributed by atoms with Gasteiger partial charge in [-0.3, -0.25) is 4.79 Å². The van der Waals surface area contributed by atoms with E-state index in [2.05, 4.69) is 5.32 Å². The minimum absolute atomic E-state index is 0.0676. The molecule has 0 saturated heterocycles. The van der Waals surface area contributed by atoms with Gasteiger partial charge in [-0.15, -0.1) is 0 Å². The van der Waals surface area contributed by atoms with Gasteiger partial charge in [0.05, 0.1) is 18.6 Å². The van der Waals surface area contributed by atoms with Gasteiger partial charge in [0.25, 0.3) is 0 Å². The number of sulfone groups is 1. The molecule has 0 bridgehead atoms. The van der Waals surface area contributed by atoms with Crippen molar-refractivity contribution in [2.24, 2.45) is 5.41 Å². The predicted molar refractivity (Wildman–Crippen MR) is 82.0 cm³/mol. The van der Waals surface area contributed by atoms with Crippen molar-refractivity contribution in [2.75, 3.05) is 30.2 Å². The van der Waals surface area contributed by atoms with E-state index in [-0.39, 0.29) is 23.5 Å². The van der Waals surface area contributed by atoms with E-state index in [1.54, 1.807) is 18.2 Å². The second-order valence-electron chi connectivity index (χ2n) is 5.75. The summed E-state index contributed by atoms with van der Waals surface area (Å²) in [6.45, 7) is 0. The van der Waals surface area contributed by atoms with E-state index in [1.807, 2.05) is 0 Å². The van der Waals surface area contributed by atoms with Crippen LogP contribution in [0.2, 0.25) is 0 Å². The van der Waals surface area contributed by atoms with Crippen molar-refractivity contribution >= 4 is 27.1 Å². The van der Waals surface area contributed by atoms with Gasteiger partial charge in [0.2, 0.25) is 5.91 Å². The number of benzene rings is 1. The molecule has 1 aliphatic rings. The van der Waals surface area contributed by atoms with Crippen molar-refractivity contribution in [1.29, 1.82) is 0 Å². The van der Waals surface area contributed by atoms with Crippen LogP contribution >= 0.6 is 0 Å². The zero-order chi connectivity index (χ0) is 15.7. The normalized spacial score (nSPS) is 16.3. The Morgan fingerprint density at radius 2 is 2.10 bits per heavy atom. The smallest absolute Gasteiger partial charge is 0.224 e. The molecule has 7 heteroatoms. The van der Waals surface area contributed by atoms with Gasteiger partial charge in [0.15, 0.2) is 0 Å². The Morgan fingerprint density at radius 3 is 2.57 bits per heavy atom. The molecule has 2 rings (SSSR count). The third-order valence-electron chi connectivity index (χ3n) is 3.57. The summed E-state index contributed by atoms with van der Waals surface area (Å²) in [5.41, 5.74) is 6.41. The number of carbonyl (C=O) groups is 1. The minimum Gasteiger partial charge on any atom is -0.495 e. The van der Waals surface area contributed by atoms with Crippen molar-refractivity contribution < 1.29 is 17.9 Å². The lowest BCUT2D eigenvalue weighted by atomic mass is 10.1. The van der Waals surface area contributed by atoms with Crippen molar-refractivity contribution in [3.8, 4) is 5.75 Å². The van der Waals surface area contributed by atoms with E-state index in [4.69, 9.17) is 10.5 Å². The first-order valence-electron chi connectivity index (χ1n) is 6.64. The topological polar surface area (TPSA) is 98.5 Å². The number of anilines is 2. The van der Waals surface area contributed by atoms with Crippen LogP contribution in [0.1, 0.15) is 19.3 Å². The molecule has 116 valence electrons. The quantitative estimate of drug-likeness (QED) is 0.774. The summed E-state index contributed by atoms with van der Waals surface area (Å²) in [4.78, 5) is 12.0. The van der Waals surface area contributed by atoms with Gasteiger partial charge in [-0.1, -0.05) is 0 Å². The third kappa shape index (κ3) is 4.35. The van der Waals surface area contributed by atoms with Gasteiger partial charge in [0.1, 0.15) is 15.6 Å². The van der Waals surface area contributed by atoms with Crippen molar-refractivity contribution in [2.45, 2.75) is 19.3 Å². The van der Waals surface area contributed by atoms with E-state index in [1.165, 1.54) is 13.4 Å². The number of hydrogen-bond donors (Lipinski definition) is 2.